The molecule has 3 heteroatoms. The van der Waals surface area contributed by atoms with E-state index in [2.05, 4.69) is 5.92 Å². The van der Waals surface area contributed by atoms with E-state index in [1.54, 1.807) is 12.1 Å². The van der Waals surface area contributed by atoms with Crippen LogP contribution in [0, 0.1) is 12.3 Å². The SMILES string of the molecule is C#Cc1cccc([SH](=O)=O)c1. The summed E-state index contributed by atoms with van der Waals surface area (Å²) in [5.74, 6) is 2.35. The van der Waals surface area contributed by atoms with Gasteiger partial charge >= 0.3 is 0 Å². The van der Waals surface area contributed by atoms with Gasteiger partial charge in [-0.25, -0.2) is 8.42 Å². The molecule has 0 saturated heterocycles. The maximum Gasteiger partial charge on any atom is 0.168 e. The van der Waals surface area contributed by atoms with Crippen molar-refractivity contribution < 1.29 is 8.42 Å². The highest BCUT2D eigenvalue weighted by molar-refractivity contribution is 7.72. The average Bonchev–Trinajstić information content (AvgIpc) is 2.05. The topological polar surface area (TPSA) is 34.1 Å². The fourth-order valence-corrected chi connectivity index (χ4v) is 1.16. The summed E-state index contributed by atoms with van der Waals surface area (Å²) in [6.45, 7) is 0. The monoisotopic (exact) mass is 166 g/mol. The minimum atomic E-state index is -2.51. The lowest BCUT2D eigenvalue weighted by atomic mass is 10.2. The molecule has 0 aliphatic heterocycles. The summed E-state index contributed by atoms with van der Waals surface area (Å²) in [6, 6.07) is 6.27. The van der Waals surface area contributed by atoms with Gasteiger partial charge in [0.1, 0.15) is 0 Å². The van der Waals surface area contributed by atoms with Crippen LogP contribution in [0.2, 0.25) is 0 Å². The van der Waals surface area contributed by atoms with Crippen LogP contribution < -0.4 is 0 Å². The fraction of sp³-hybridized carbons (Fsp3) is 0. The van der Waals surface area contributed by atoms with Crippen LogP contribution in [0.25, 0.3) is 0 Å². The normalized spacial score (nSPS) is 9.45. The van der Waals surface area contributed by atoms with Gasteiger partial charge in [-0.2, -0.15) is 0 Å². The molecule has 0 saturated carbocycles. The second-order valence-corrected chi connectivity index (χ2v) is 2.98. The van der Waals surface area contributed by atoms with E-state index in [9.17, 15) is 8.42 Å². The smallest absolute Gasteiger partial charge is 0.168 e. The van der Waals surface area contributed by atoms with E-state index in [0.717, 1.165) is 0 Å². The third kappa shape index (κ3) is 1.82. The van der Waals surface area contributed by atoms with Crippen LogP contribution in [0.4, 0.5) is 0 Å². The maximum atomic E-state index is 10.4. The highest BCUT2D eigenvalue weighted by Crippen LogP contribution is 2.04. The lowest BCUT2D eigenvalue weighted by Crippen LogP contribution is -1.80. The number of thiol groups is 1. The van der Waals surface area contributed by atoms with Gasteiger partial charge in [-0.1, -0.05) is 12.0 Å². The lowest BCUT2D eigenvalue weighted by Gasteiger charge is -1.90. The van der Waals surface area contributed by atoms with Crippen molar-refractivity contribution in [2.75, 3.05) is 0 Å². The van der Waals surface area contributed by atoms with E-state index in [1.165, 1.54) is 12.1 Å². The number of benzene rings is 1. The molecule has 0 aliphatic rings. The molecule has 56 valence electrons. The zero-order valence-corrected chi connectivity index (χ0v) is 6.54. The molecule has 0 unspecified atom stereocenters. The third-order valence-electron chi connectivity index (χ3n) is 1.22. The van der Waals surface area contributed by atoms with Crippen molar-refractivity contribution in [3.63, 3.8) is 0 Å². The summed E-state index contributed by atoms with van der Waals surface area (Å²) in [7, 11) is -2.51. The molecule has 1 rings (SSSR count). The van der Waals surface area contributed by atoms with Gasteiger partial charge in [0.15, 0.2) is 10.7 Å². The largest absolute Gasteiger partial charge is 0.227 e. The van der Waals surface area contributed by atoms with E-state index >= 15 is 0 Å². The molecule has 1 aromatic rings. The van der Waals surface area contributed by atoms with Crippen molar-refractivity contribution in [3.05, 3.63) is 29.8 Å². The van der Waals surface area contributed by atoms with Gasteiger partial charge in [0.05, 0.1) is 4.90 Å². The van der Waals surface area contributed by atoms with Crippen molar-refractivity contribution in [2.24, 2.45) is 0 Å². The first kappa shape index (κ1) is 7.83. The summed E-state index contributed by atoms with van der Waals surface area (Å²) >= 11 is 0. The Bertz CT molecular complexity index is 364. The zero-order valence-electron chi connectivity index (χ0n) is 5.65. The van der Waals surface area contributed by atoms with Crippen LogP contribution in [-0.4, -0.2) is 8.42 Å². The van der Waals surface area contributed by atoms with E-state index in [4.69, 9.17) is 6.42 Å². The van der Waals surface area contributed by atoms with Crippen LogP contribution in [0.5, 0.6) is 0 Å². The van der Waals surface area contributed by atoms with E-state index in [-0.39, 0.29) is 4.90 Å². The minimum absolute atomic E-state index is 0.260. The third-order valence-corrected chi connectivity index (χ3v) is 1.92. The van der Waals surface area contributed by atoms with E-state index < -0.39 is 10.7 Å². The molecular formula is C8H6O2S. The predicted molar refractivity (Wildman–Crippen MR) is 43.0 cm³/mol. The number of hydrogen-bond acceptors (Lipinski definition) is 2. The Kier molecular flexibility index (Phi) is 2.29. The van der Waals surface area contributed by atoms with Gasteiger partial charge in [0, 0.05) is 5.56 Å². The number of terminal acetylenes is 1. The molecule has 0 radical (unpaired) electrons. The molecule has 1 aromatic carbocycles. The molecule has 0 aliphatic carbocycles. The summed E-state index contributed by atoms with van der Waals surface area (Å²) in [5, 5.41) is 0. The molecule has 0 amide bonds. The summed E-state index contributed by atoms with van der Waals surface area (Å²) in [4.78, 5) is 0.260. The molecule has 0 aromatic heterocycles. The summed E-state index contributed by atoms with van der Waals surface area (Å²) in [6.07, 6.45) is 5.07. The molecule has 0 bridgehead atoms. The Morgan fingerprint density at radius 2 is 2.09 bits per heavy atom. The Balaban J connectivity index is 3.24. The van der Waals surface area contributed by atoms with Gasteiger partial charge in [0.2, 0.25) is 0 Å². The van der Waals surface area contributed by atoms with Crippen molar-refractivity contribution in [3.8, 4) is 12.3 Å². The first-order valence-electron chi connectivity index (χ1n) is 2.95. The van der Waals surface area contributed by atoms with Gasteiger partial charge in [-0.15, -0.1) is 6.42 Å². The Hall–Kier alpha value is -1.27. The Labute approximate surface area is 66.8 Å². The van der Waals surface area contributed by atoms with E-state index in [0.29, 0.717) is 5.56 Å². The van der Waals surface area contributed by atoms with Crippen LogP contribution in [-0.2, 0) is 10.7 Å². The second kappa shape index (κ2) is 3.22. The van der Waals surface area contributed by atoms with Crippen molar-refractivity contribution in [1.29, 1.82) is 0 Å². The van der Waals surface area contributed by atoms with Crippen LogP contribution in [0.1, 0.15) is 5.56 Å². The minimum Gasteiger partial charge on any atom is -0.227 e. The van der Waals surface area contributed by atoms with Gasteiger partial charge in [-0.3, -0.25) is 0 Å². The zero-order chi connectivity index (χ0) is 8.27. The van der Waals surface area contributed by atoms with Gasteiger partial charge in [0.25, 0.3) is 0 Å². The second-order valence-electron chi connectivity index (χ2n) is 1.95. The molecule has 0 fully saturated rings. The van der Waals surface area contributed by atoms with Gasteiger partial charge in [-0.05, 0) is 18.2 Å². The Morgan fingerprint density at radius 1 is 1.36 bits per heavy atom. The highest BCUT2D eigenvalue weighted by atomic mass is 32.2. The van der Waals surface area contributed by atoms with Gasteiger partial charge < -0.3 is 0 Å². The van der Waals surface area contributed by atoms with Crippen LogP contribution in [0.15, 0.2) is 29.2 Å². The highest BCUT2D eigenvalue weighted by Gasteiger charge is 1.93. The molecular weight excluding hydrogens is 160 g/mol. The maximum absolute atomic E-state index is 10.4. The van der Waals surface area contributed by atoms with Crippen molar-refractivity contribution >= 4 is 10.7 Å². The standard InChI is InChI=1S/C8H6O2S/c1-2-7-4-3-5-8(6-7)11(9)10/h1,3-6,11H. The van der Waals surface area contributed by atoms with Crippen molar-refractivity contribution in [2.45, 2.75) is 4.90 Å². The molecule has 0 heterocycles. The molecule has 0 atom stereocenters. The first-order valence-corrected chi connectivity index (χ1v) is 4.13. The lowest BCUT2D eigenvalue weighted by molar-refractivity contribution is 0.614. The molecule has 0 N–H and O–H groups in total. The Morgan fingerprint density at radius 3 is 2.64 bits per heavy atom. The van der Waals surface area contributed by atoms with E-state index in [1.807, 2.05) is 0 Å². The van der Waals surface area contributed by atoms with Crippen molar-refractivity contribution in [1.82, 2.24) is 0 Å². The quantitative estimate of drug-likeness (QED) is 0.490. The predicted octanol–water partition coefficient (Wildman–Crippen LogP) is 0.638. The average molecular weight is 166 g/mol. The summed E-state index contributed by atoms with van der Waals surface area (Å²) < 4.78 is 20.9. The van der Waals surface area contributed by atoms with Crippen LogP contribution >= 0.6 is 0 Å². The number of hydrogen-bond donors (Lipinski definition) is 1. The first-order chi connectivity index (χ1) is 5.24. The molecule has 11 heavy (non-hydrogen) atoms. The van der Waals surface area contributed by atoms with Crippen LogP contribution in [0.3, 0.4) is 0 Å². The fourth-order valence-electron chi connectivity index (χ4n) is 0.709. The molecule has 0 spiro atoms. The molecule has 2 nitrogen and oxygen atoms in total. The summed E-state index contributed by atoms with van der Waals surface area (Å²) in [5.41, 5.74) is 0.585. The number of rotatable bonds is 1.